The van der Waals surface area contributed by atoms with E-state index in [0.717, 1.165) is 16.7 Å². The minimum atomic E-state index is -1.35. The second-order valence-electron chi connectivity index (χ2n) is 7.82. The van der Waals surface area contributed by atoms with Gasteiger partial charge in [-0.3, -0.25) is 14.4 Å². The summed E-state index contributed by atoms with van der Waals surface area (Å²) >= 11 is 0. The molecule has 1 heterocycles. The molecule has 3 rings (SSSR count). The van der Waals surface area contributed by atoms with Crippen LogP contribution >= 0.6 is 0 Å². The zero-order valence-corrected chi connectivity index (χ0v) is 18.1. The van der Waals surface area contributed by atoms with E-state index >= 15 is 0 Å². The number of carboxylic acid groups (broad SMARTS) is 1. The Kier molecular flexibility index (Phi) is 6.73. The average Bonchev–Trinajstić information content (AvgIpc) is 2.75. The highest BCUT2D eigenvalue weighted by atomic mass is 16.4. The Balaban J connectivity index is 1.82. The molecule has 0 saturated carbocycles. The topological polar surface area (TPSA) is 116 Å². The molecule has 0 bridgehead atoms. The molecule has 0 fully saturated rings. The van der Waals surface area contributed by atoms with Crippen LogP contribution in [0, 0.1) is 6.92 Å². The number of aliphatic carboxylic acids is 1. The first kappa shape index (κ1) is 22.7. The Morgan fingerprint density at radius 2 is 1.72 bits per heavy atom. The van der Waals surface area contributed by atoms with Crippen LogP contribution in [0.4, 0.5) is 4.79 Å². The number of likely N-dealkylation sites (N-methyl/N-ethyl adjacent to an activating group) is 1. The molecule has 166 valence electrons. The molecule has 1 aliphatic heterocycles. The molecule has 0 aliphatic carbocycles. The van der Waals surface area contributed by atoms with Crippen LogP contribution in [0.25, 0.3) is 11.1 Å². The first-order valence-corrected chi connectivity index (χ1v) is 10.1. The summed E-state index contributed by atoms with van der Waals surface area (Å²) in [6, 6.07) is 12.1. The van der Waals surface area contributed by atoms with Crippen molar-refractivity contribution in [2.45, 2.75) is 32.4 Å². The van der Waals surface area contributed by atoms with E-state index in [2.05, 4.69) is 10.6 Å². The van der Waals surface area contributed by atoms with Crippen molar-refractivity contribution in [2.24, 2.45) is 0 Å². The summed E-state index contributed by atoms with van der Waals surface area (Å²) in [5, 5.41) is 14.3. The van der Waals surface area contributed by atoms with E-state index in [1.807, 2.05) is 43.3 Å². The fourth-order valence-electron chi connectivity index (χ4n) is 3.61. The Bertz CT molecular complexity index is 1110. The van der Waals surface area contributed by atoms with Crippen LogP contribution in [0.1, 0.15) is 30.5 Å². The molecule has 1 aliphatic rings. The van der Waals surface area contributed by atoms with Crippen molar-refractivity contribution in [3.8, 4) is 11.1 Å². The van der Waals surface area contributed by atoms with Gasteiger partial charge in [0.2, 0.25) is 0 Å². The number of amides is 3. The van der Waals surface area contributed by atoms with Crippen LogP contribution in [0.15, 0.2) is 60.3 Å². The maximum absolute atomic E-state index is 12.6. The van der Waals surface area contributed by atoms with Gasteiger partial charge in [0.05, 0.1) is 12.5 Å². The zero-order valence-electron chi connectivity index (χ0n) is 18.1. The summed E-state index contributed by atoms with van der Waals surface area (Å²) in [6.07, 6.45) is 1.04. The summed E-state index contributed by atoms with van der Waals surface area (Å²) in [4.78, 5) is 49.9. The molecule has 8 nitrogen and oxygen atoms in total. The highest BCUT2D eigenvalue weighted by Gasteiger charge is 2.35. The van der Waals surface area contributed by atoms with E-state index in [0.29, 0.717) is 11.1 Å². The number of Topliss-reactive ketones (excluding diaryl/α,β-unsaturated/α-hetero) is 1. The van der Waals surface area contributed by atoms with Gasteiger partial charge in [-0.15, -0.1) is 0 Å². The third-order valence-electron chi connectivity index (χ3n) is 5.23. The number of nitrogens with zero attached hydrogens (tertiary/aromatic N) is 1. The first-order chi connectivity index (χ1) is 15.2. The zero-order chi connectivity index (χ0) is 23.4. The molecular weight excluding hydrogens is 410 g/mol. The number of carboxylic acids is 1. The van der Waals surface area contributed by atoms with E-state index in [9.17, 15) is 24.3 Å². The van der Waals surface area contributed by atoms with E-state index in [-0.39, 0.29) is 6.42 Å². The largest absolute Gasteiger partial charge is 0.481 e. The smallest absolute Gasteiger partial charge is 0.316 e. The highest BCUT2D eigenvalue weighted by molar-refractivity contribution is 6.16. The van der Waals surface area contributed by atoms with Gasteiger partial charge in [-0.1, -0.05) is 48.0 Å². The highest BCUT2D eigenvalue weighted by Crippen LogP contribution is 2.25. The molecule has 8 heteroatoms. The van der Waals surface area contributed by atoms with Gasteiger partial charge in [-0.05, 0) is 36.6 Å². The molecule has 3 N–H and O–H groups in total. The minimum absolute atomic E-state index is 0.338. The van der Waals surface area contributed by atoms with Gasteiger partial charge in [0.15, 0.2) is 11.8 Å². The third kappa shape index (κ3) is 5.21. The van der Waals surface area contributed by atoms with Gasteiger partial charge in [0, 0.05) is 18.8 Å². The molecule has 0 spiro atoms. The number of nitrogens with one attached hydrogen (secondary N) is 2. The average molecular weight is 435 g/mol. The predicted molar refractivity (Wildman–Crippen MR) is 119 cm³/mol. The van der Waals surface area contributed by atoms with Crippen molar-refractivity contribution in [3.63, 3.8) is 0 Å². The number of hydrogen-bond acceptors (Lipinski definition) is 4. The van der Waals surface area contributed by atoms with Crippen molar-refractivity contribution >= 4 is 23.7 Å². The first-order valence-electron chi connectivity index (χ1n) is 10.1. The van der Waals surface area contributed by atoms with E-state index < -0.39 is 35.8 Å². The van der Waals surface area contributed by atoms with Crippen molar-refractivity contribution in [1.82, 2.24) is 15.5 Å². The van der Waals surface area contributed by atoms with Gasteiger partial charge in [0.25, 0.3) is 5.91 Å². The lowest BCUT2D eigenvalue weighted by atomic mass is 9.97. The van der Waals surface area contributed by atoms with Crippen LogP contribution in [-0.2, 0) is 14.4 Å². The number of urea groups is 1. The van der Waals surface area contributed by atoms with Gasteiger partial charge < -0.3 is 20.6 Å². The van der Waals surface area contributed by atoms with Crippen molar-refractivity contribution in [1.29, 1.82) is 0 Å². The van der Waals surface area contributed by atoms with Crippen LogP contribution in [0.2, 0.25) is 0 Å². The van der Waals surface area contributed by atoms with Gasteiger partial charge >= 0.3 is 12.0 Å². The molecule has 0 radical (unpaired) electrons. The SMILES string of the molecule is CC1=CN(C)C(=O)C(NC(=O)NC(CC(=O)O)c2cccc(-c3cccc(C)c3)c2)C1=O. The van der Waals surface area contributed by atoms with E-state index in [1.54, 1.807) is 19.1 Å². The standard InChI is InChI=1S/C24H25N3O5/c1-14-6-4-7-16(10-14)17-8-5-9-18(11-17)19(12-20(28)29)25-24(32)26-21-22(30)15(2)13-27(3)23(21)31/h4-11,13,19,21H,12H2,1-3H3,(H,28,29)(H2,25,26,32). The van der Waals surface area contributed by atoms with Gasteiger partial charge in [0.1, 0.15) is 0 Å². The van der Waals surface area contributed by atoms with Gasteiger partial charge in [-0.2, -0.15) is 0 Å². The summed E-state index contributed by atoms with van der Waals surface area (Å²) in [5.41, 5.74) is 3.86. The normalized spacial score (nSPS) is 16.9. The van der Waals surface area contributed by atoms with E-state index in [4.69, 9.17) is 0 Å². The summed E-state index contributed by atoms with van der Waals surface area (Å²) in [7, 11) is 1.49. The molecule has 2 unspecified atom stereocenters. The molecule has 2 aromatic rings. The number of rotatable bonds is 6. The molecule has 0 aromatic heterocycles. The number of carbonyl (C=O) groups is 4. The second-order valence-corrected chi connectivity index (χ2v) is 7.82. The van der Waals surface area contributed by atoms with Crippen molar-refractivity contribution in [3.05, 3.63) is 71.4 Å². The molecule has 2 atom stereocenters. The maximum Gasteiger partial charge on any atom is 0.316 e. The van der Waals surface area contributed by atoms with Crippen molar-refractivity contribution < 1.29 is 24.3 Å². The van der Waals surface area contributed by atoms with Crippen LogP contribution < -0.4 is 10.6 Å². The number of carbonyl (C=O) groups excluding carboxylic acids is 3. The monoisotopic (exact) mass is 435 g/mol. The molecule has 2 aromatic carbocycles. The van der Waals surface area contributed by atoms with Crippen LogP contribution in [0.5, 0.6) is 0 Å². The summed E-state index contributed by atoms with van der Waals surface area (Å²) in [5.74, 6) is -2.16. The lowest BCUT2D eigenvalue weighted by molar-refractivity contribution is -0.138. The fourth-order valence-corrected chi connectivity index (χ4v) is 3.61. The quantitative estimate of drug-likeness (QED) is 0.604. The lowest BCUT2D eigenvalue weighted by Gasteiger charge is -2.27. The third-order valence-corrected chi connectivity index (χ3v) is 5.23. The van der Waals surface area contributed by atoms with Crippen LogP contribution in [0.3, 0.4) is 0 Å². The Labute approximate surface area is 185 Å². The fraction of sp³-hybridized carbons (Fsp3) is 0.250. The minimum Gasteiger partial charge on any atom is -0.481 e. The summed E-state index contributed by atoms with van der Waals surface area (Å²) in [6.45, 7) is 3.54. The summed E-state index contributed by atoms with van der Waals surface area (Å²) < 4.78 is 0. The van der Waals surface area contributed by atoms with Crippen molar-refractivity contribution in [2.75, 3.05) is 7.05 Å². The molecular formula is C24H25N3O5. The Morgan fingerprint density at radius 3 is 2.38 bits per heavy atom. The number of hydrogen-bond donors (Lipinski definition) is 3. The number of benzene rings is 2. The number of aryl methyl sites for hydroxylation is 1. The predicted octanol–water partition coefficient (Wildman–Crippen LogP) is 2.79. The Hall–Kier alpha value is -3.94. The number of ketones is 1. The van der Waals surface area contributed by atoms with Crippen LogP contribution in [-0.4, -0.2) is 46.8 Å². The molecule has 32 heavy (non-hydrogen) atoms. The van der Waals surface area contributed by atoms with Gasteiger partial charge in [-0.25, -0.2) is 4.79 Å². The maximum atomic E-state index is 12.6. The Morgan fingerprint density at radius 1 is 1.06 bits per heavy atom. The lowest BCUT2D eigenvalue weighted by Crippen LogP contribution is -2.56. The second kappa shape index (κ2) is 9.47. The van der Waals surface area contributed by atoms with E-state index in [1.165, 1.54) is 18.1 Å². The molecule has 0 saturated heterocycles. The molecule has 3 amide bonds.